The summed E-state index contributed by atoms with van der Waals surface area (Å²) in [4.78, 5) is 8.27. The lowest BCUT2D eigenvalue weighted by Crippen LogP contribution is -2.04. The van der Waals surface area contributed by atoms with E-state index in [0.717, 1.165) is 11.4 Å². The summed E-state index contributed by atoms with van der Waals surface area (Å²) >= 11 is 0. The van der Waals surface area contributed by atoms with Crippen LogP contribution in [-0.4, -0.2) is 17.1 Å². The number of pyridine rings is 2. The van der Waals surface area contributed by atoms with Gasteiger partial charge in [-0.3, -0.25) is 0 Å². The Labute approximate surface area is 99.7 Å². The molecule has 2 heterocycles. The van der Waals surface area contributed by atoms with Gasteiger partial charge in [0.15, 0.2) is 0 Å². The predicted octanol–water partition coefficient (Wildman–Crippen LogP) is 1.68. The third kappa shape index (κ3) is 2.84. The molecule has 0 aromatic carbocycles. The molecule has 88 valence electrons. The summed E-state index contributed by atoms with van der Waals surface area (Å²) in [5, 5.41) is 3.17. The van der Waals surface area contributed by atoms with E-state index in [1.165, 1.54) is 0 Å². The Balaban J connectivity index is 2.07. The van der Waals surface area contributed by atoms with Crippen molar-refractivity contribution >= 4 is 11.6 Å². The van der Waals surface area contributed by atoms with E-state index < -0.39 is 0 Å². The standard InChI is InChI=1S/C12H14N4O/c1-17-12-9(4-3-7-14-12)8-15-11-6-2-5-10(13)16-11/h2-7H,8H2,1H3,(H3,13,15,16). The van der Waals surface area contributed by atoms with Crippen molar-refractivity contribution in [1.82, 2.24) is 9.97 Å². The van der Waals surface area contributed by atoms with Gasteiger partial charge in [0.25, 0.3) is 0 Å². The second-order valence-electron chi connectivity index (χ2n) is 3.47. The number of hydrogen-bond donors (Lipinski definition) is 2. The minimum Gasteiger partial charge on any atom is -0.481 e. The lowest BCUT2D eigenvalue weighted by Gasteiger charge is -2.08. The molecule has 5 nitrogen and oxygen atoms in total. The van der Waals surface area contributed by atoms with E-state index in [1.54, 1.807) is 19.4 Å². The first-order valence-electron chi connectivity index (χ1n) is 5.24. The highest BCUT2D eigenvalue weighted by molar-refractivity contribution is 5.43. The third-order valence-electron chi connectivity index (χ3n) is 2.27. The Morgan fingerprint density at radius 1 is 1.29 bits per heavy atom. The number of rotatable bonds is 4. The van der Waals surface area contributed by atoms with Crippen LogP contribution in [-0.2, 0) is 6.54 Å². The van der Waals surface area contributed by atoms with Crippen LogP contribution in [0.25, 0.3) is 0 Å². The van der Waals surface area contributed by atoms with E-state index in [4.69, 9.17) is 10.5 Å². The lowest BCUT2D eigenvalue weighted by atomic mass is 10.2. The van der Waals surface area contributed by atoms with Gasteiger partial charge in [0.2, 0.25) is 5.88 Å². The highest BCUT2D eigenvalue weighted by Gasteiger charge is 2.03. The number of nitrogens with one attached hydrogen (secondary N) is 1. The number of nitrogens with two attached hydrogens (primary N) is 1. The number of hydrogen-bond acceptors (Lipinski definition) is 5. The average Bonchev–Trinajstić information content (AvgIpc) is 2.37. The van der Waals surface area contributed by atoms with Crippen LogP contribution in [0.15, 0.2) is 36.5 Å². The number of anilines is 2. The van der Waals surface area contributed by atoms with Crippen molar-refractivity contribution in [1.29, 1.82) is 0 Å². The Morgan fingerprint density at radius 3 is 2.94 bits per heavy atom. The molecule has 2 rings (SSSR count). The summed E-state index contributed by atoms with van der Waals surface area (Å²) in [5.74, 6) is 1.84. The van der Waals surface area contributed by atoms with Gasteiger partial charge in [0, 0.05) is 18.3 Å². The summed E-state index contributed by atoms with van der Waals surface area (Å²) in [6.45, 7) is 0.591. The Hall–Kier alpha value is -2.30. The third-order valence-corrected chi connectivity index (χ3v) is 2.27. The molecular formula is C12H14N4O. The van der Waals surface area contributed by atoms with Gasteiger partial charge in [0.05, 0.1) is 7.11 Å². The van der Waals surface area contributed by atoms with Crippen LogP contribution in [0.1, 0.15) is 5.56 Å². The number of methoxy groups -OCH3 is 1. The topological polar surface area (TPSA) is 73.1 Å². The Kier molecular flexibility index (Phi) is 3.40. The molecule has 0 bridgehead atoms. The molecule has 0 aliphatic heterocycles. The fourth-order valence-electron chi connectivity index (χ4n) is 1.48. The van der Waals surface area contributed by atoms with Crippen molar-refractivity contribution in [2.45, 2.75) is 6.54 Å². The molecule has 0 aliphatic carbocycles. The zero-order valence-electron chi connectivity index (χ0n) is 9.55. The van der Waals surface area contributed by atoms with E-state index in [0.29, 0.717) is 18.2 Å². The average molecular weight is 230 g/mol. The van der Waals surface area contributed by atoms with Crippen LogP contribution < -0.4 is 15.8 Å². The summed E-state index contributed by atoms with van der Waals surface area (Å²) in [6, 6.07) is 9.28. The second-order valence-corrected chi connectivity index (χ2v) is 3.47. The number of aromatic nitrogens is 2. The first-order valence-corrected chi connectivity index (χ1v) is 5.24. The van der Waals surface area contributed by atoms with Gasteiger partial charge in [-0.1, -0.05) is 12.1 Å². The molecule has 5 heteroatoms. The molecule has 0 spiro atoms. The van der Waals surface area contributed by atoms with Crippen LogP contribution in [0.4, 0.5) is 11.6 Å². The molecule has 17 heavy (non-hydrogen) atoms. The van der Waals surface area contributed by atoms with Crippen LogP contribution in [0.2, 0.25) is 0 Å². The molecule has 0 saturated carbocycles. The maximum absolute atomic E-state index is 5.60. The molecule has 0 saturated heterocycles. The molecule has 3 N–H and O–H groups in total. The van der Waals surface area contributed by atoms with Crippen LogP contribution in [0, 0.1) is 0 Å². The van der Waals surface area contributed by atoms with Crippen LogP contribution in [0.3, 0.4) is 0 Å². The van der Waals surface area contributed by atoms with Crippen molar-refractivity contribution in [2.75, 3.05) is 18.2 Å². The number of nitrogens with zero attached hydrogens (tertiary/aromatic N) is 2. The summed E-state index contributed by atoms with van der Waals surface area (Å²) in [6.07, 6.45) is 1.70. The van der Waals surface area contributed by atoms with Crippen molar-refractivity contribution in [3.05, 3.63) is 42.1 Å². The van der Waals surface area contributed by atoms with Crippen molar-refractivity contribution < 1.29 is 4.74 Å². The normalized spacial score (nSPS) is 9.94. The molecule has 0 atom stereocenters. The van der Waals surface area contributed by atoms with E-state index in [2.05, 4.69) is 15.3 Å². The van der Waals surface area contributed by atoms with E-state index >= 15 is 0 Å². The second kappa shape index (κ2) is 5.16. The molecule has 2 aromatic heterocycles. The molecule has 0 aliphatic rings. The van der Waals surface area contributed by atoms with E-state index in [9.17, 15) is 0 Å². The largest absolute Gasteiger partial charge is 0.481 e. The first kappa shape index (κ1) is 11.2. The zero-order valence-corrected chi connectivity index (χ0v) is 9.55. The maximum Gasteiger partial charge on any atom is 0.218 e. The fraction of sp³-hybridized carbons (Fsp3) is 0.167. The van der Waals surface area contributed by atoms with E-state index in [-0.39, 0.29) is 0 Å². The van der Waals surface area contributed by atoms with Crippen LogP contribution in [0.5, 0.6) is 5.88 Å². The first-order chi connectivity index (χ1) is 8.29. The van der Waals surface area contributed by atoms with Gasteiger partial charge < -0.3 is 15.8 Å². The molecule has 2 aromatic rings. The smallest absolute Gasteiger partial charge is 0.218 e. The van der Waals surface area contributed by atoms with Gasteiger partial charge in [-0.15, -0.1) is 0 Å². The monoisotopic (exact) mass is 230 g/mol. The van der Waals surface area contributed by atoms with Gasteiger partial charge >= 0.3 is 0 Å². The molecule has 0 fully saturated rings. The number of nitrogen functional groups attached to an aromatic ring is 1. The minimum absolute atomic E-state index is 0.494. The predicted molar refractivity (Wildman–Crippen MR) is 66.8 cm³/mol. The Morgan fingerprint density at radius 2 is 2.18 bits per heavy atom. The zero-order chi connectivity index (χ0) is 12.1. The molecule has 0 unspecified atom stereocenters. The Bertz CT molecular complexity index is 501. The van der Waals surface area contributed by atoms with Crippen molar-refractivity contribution in [3.8, 4) is 5.88 Å². The van der Waals surface area contributed by atoms with Gasteiger partial charge in [-0.25, -0.2) is 9.97 Å². The maximum atomic E-state index is 5.60. The quantitative estimate of drug-likeness (QED) is 0.836. The number of ether oxygens (including phenoxy) is 1. The highest BCUT2D eigenvalue weighted by atomic mass is 16.5. The summed E-state index contributed by atoms with van der Waals surface area (Å²) in [7, 11) is 1.60. The fourth-order valence-corrected chi connectivity index (χ4v) is 1.48. The molecule has 0 radical (unpaired) electrons. The summed E-state index contributed by atoms with van der Waals surface area (Å²) in [5.41, 5.74) is 6.57. The van der Waals surface area contributed by atoms with Crippen molar-refractivity contribution in [2.24, 2.45) is 0 Å². The van der Waals surface area contributed by atoms with E-state index in [1.807, 2.05) is 24.3 Å². The van der Waals surface area contributed by atoms with Gasteiger partial charge in [0.1, 0.15) is 11.6 Å². The molecular weight excluding hydrogens is 216 g/mol. The van der Waals surface area contributed by atoms with Gasteiger partial charge in [-0.2, -0.15) is 0 Å². The highest BCUT2D eigenvalue weighted by Crippen LogP contribution is 2.15. The minimum atomic E-state index is 0.494. The van der Waals surface area contributed by atoms with Gasteiger partial charge in [-0.05, 0) is 18.2 Å². The SMILES string of the molecule is COc1ncccc1CNc1cccc(N)n1. The molecule has 0 amide bonds. The van der Waals surface area contributed by atoms with Crippen LogP contribution >= 0.6 is 0 Å². The lowest BCUT2D eigenvalue weighted by molar-refractivity contribution is 0.393. The summed E-state index contributed by atoms with van der Waals surface area (Å²) < 4.78 is 5.16. The van der Waals surface area contributed by atoms with Crippen molar-refractivity contribution in [3.63, 3.8) is 0 Å².